The lowest BCUT2D eigenvalue weighted by atomic mass is 9.92. The molecule has 0 aliphatic carbocycles. The number of urea groups is 1. The molecule has 0 aromatic carbocycles. The first kappa shape index (κ1) is 10.6. The Morgan fingerprint density at radius 3 is 2.64 bits per heavy atom. The Hall–Kier alpha value is -1.46. The molecule has 0 aliphatic rings. The lowest BCUT2D eigenvalue weighted by molar-refractivity contribution is 0.256. The fourth-order valence-corrected chi connectivity index (χ4v) is 0.862. The Kier molecular flexibility index (Phi) is 2.83. The second-order valence-electron chi connectivity index (χ2n) is 4.03. The van der Waals surface area contributed by atoms with Crippen molar-refractivity contribution in [1.29, 1.82) is 0 Å². The van der Waals surface area contributed by atoms with E-state index in [9.17, 15) is 4.79 Å². The first-order valence-electron chi connectivity index (χ1n) is 4.39. The number of amides is 2. The van der Waals surface area contributed by atoms with Crippen LogP contribution in [0.25, 0.3) is 0 Å². The molecule has 0 aliphatic heterocycles. The van der Waals surface area contributed by atoms with Gasteiger partial charge >= 0.3 is 6.03 Å². The molecule has 2 N–H and O–H groups in total. The highest BCUT2D eigenvalue weighted by atomic mass is 16.5. The number of carbonyl (C=O) groups is 1. The number of anilines is 1. The molecule has 1 aromatic rings. The minimum absolute atomic E-state index is 0.0773. The fraction of sp³-hybridized carbons (Fsp3) is 0.500. The Labute approximate surface area is 83.7 Å². The standard InChI is InChI=1S/C8H14BN3O2/c1-8(2,3)5-4-6(14-12-5)10-7(13)11-9/h4H,9H2,1-3H3,(H2,10,11,13). The number of hydrogen-bond acceptors (Lipinski definition) is 3. The van der Waals surface area contributed by atoms with Gasteiger partial charge in [0.05, 0.1) is 5.69 Å². The van der Waals surface area contributed by atoms with Crippen LogP contribution in [0.4, 0.5) is 10.7 Å². The van der Waals surface area contributed by atoms with Crippen molar-refractivity contribution in [3.8, 4) is 0 Å². The molecule has 5 nitrogen and oxygen atoms in total. The van der Waals surface area contributed by atoms with Crippen LogP contribution in [0.15, 0.2) is 10.6 Å². The molecule has 6 heteroatoms. The van der Waals surface area contributed by atoms with E-state index in [-0.39, 0.29) is 11.4 Å². The van der Waals surface area contributed by atoms with Gasteiger partial charge < -0.3 is 9.75 Å². The summed E-state index contributed by atoms with van der Waals surface area (Å²) >= 11 is 0. The smallest absolute Gasteiger partial charge is 0.309 e. The maximum atomic E-state index is 10.9. The van der Waals surface area contributed by atoms with Gasteiger partial charge in [-0.2, -0.15) is 0 Å². The largest absolute Gasteiger partial charge is 0.388 e. The van der Waals surface area contributed by atoms with Gasteiger partial charge in [0.25, 0.3) is 0 Å². The Morgan fingerprint density at radius 1 is 1.57 bits per heavy atom. The van der Waals surface area contributed by atoms with Crippen LogP contribution in [0, 0.1) is 0 Å². The molecule has 0 unspecified atom stereocenters. The average Bonchev–Trinajstić information content (AvgIpc) is 2.51. The minimum atomic E-state index is -0.318. The molecule has 0 spiro atoms. The van der Waals surface area contributed by atoms with Gasteiger partial charge in [-0.15, -0.1) is 0 Å². The van der Waals surface area contributed by atoms with Crippen molar-refractivity contribution in [3.05, 3.63) is 11.8 Å². The topological polar surface area (TPSA) is 67.2 Å². The molecule has 0 saturated carbocycles. The summed E-state index contributed by atoms with van der Waals surface area (Å²) in [6.07, 6.45) is 0. The third-order valence-corrected chi connectivity index (χ3v) is 1.74. The molecular formula is C8H14BN3O2. The zero-order chi connectivity index (χ0) is 10.8. The summed E-state index contributed by atoms with van der Waals surface area (Å²) in [5.74, 6) is 0.356. The summed E-state index contributed by atoms with van der Waals surface area (Å²) in [4.78, 5) is 10.9. The van der Waals surface area contributed by atoms with Gasteiger partial charge in [0.15, 0.2) is 0 Å². The van der Waals surface area contributed by atoms with Crippen molar-refractivity contribution in [1.82, 2.24) is 10.4 Å². The van der Waals surface area contributed by atoms with Gasteiger partial charge in [0.1, 0.15) is 0 Å². The predicted molar refractivity (Wildman–Crippen MR) is 55.9 cm³/mol. The first-order chi connectivity index (χ1) is 6.43. The molecule has 1 rings (SSSR count). The highest BCUT2D eigenvalue weighted by Crippen LogP contribution is 2.23. The maximum absolute atomic E-state index is 10.9. The van der Waals surface area contributed by atoms with E-state index in [1.54, 1.807) is 6.07 Å². The van der Waals surface area contributed by atoms with Crippen molar-refractivity contribution >= 4 is 19.9 Å². The molecule has 1 heterocycles. The van der Waals surface area contributed by atoms with E-state index in [1.807, 2.05) is 20.8 Å². The zero-order valence-electron chi connectivity index (χ0n) is 8.84. The summed E-state index contributed by atoms with van der Waals surface area (Å²) in [7, 11) is 1.54. The highest BCUT2D eigenvalue weighted by Gasteiger charge is 2.19. The van der Waals surface area contributed by atoms with E-state index >= 15 is 0 Å². The normalized spacial score (nSPS) is 11.1. The van der Waals surface area contributed by atoms with Gasteiger partial charge in [-0.05, 0) is 0 Å². The summed E-state index contributed by atoms with van der Waals surface area (Å²) in [6.45, 7) is 6.07. The van der Waals surface area contributed by atoms with Crippen molar-refractivity contribution in [2.24, 2.45) is 0 Å². The Morgan fingerprint density at radius 2 is 2.21 bits per heavy atom. The molecular weight excluding hydrogens is 181 g/mol. The van der Waals surface area contributed by atoms with Crippen LogP contribution < -0.4 is 10.5 Å². The minimum Gasteiger partial charge on any atom is -0.388 e. The monoisotopic (exact) mass is 195 g/mol. The van der Waals surface area contributed by atoms with Crippen molar-refractivity contribution in [3.63, 3.8) is 0 Å². The quantitative estimate of drug-likeness (QED) is 0.646. The van der Waals surface area contributed by atoms with Gasteiger partial charge in [-0.1, -0.05) is 25.9 Å². The Bertz CT molecular complexity index is 330. The molecule has 2 amide bonds. The molecule has 0 saturated heterocycles. The highest BCUT2D eigenvalue weighted by molar-refractivity contribution is 6.16. The second-order valence-corrected chi connectivity index (χ2v) is 4.03. The number of rotatable bonds is 1. The fourth-order valence-electron chi connectivity index (χ4n) is 0.862. The van der Waals surface area contributed by atoms with Crippen LogP contribution in [-0.2, 0) is 5.41 Å². The van der Waals surface area contributed by atoms with Crippen molar-refractivity contribution < 1.29 is 9.32 Å². The van der Waals surface area contributed by atoms with Crippen LogP contribution in [0.1, 0.15) is 26.5 Å². The number of nitrogens with zero attached hydrogens (tertiary/aromatic N) is 1. The molecule has 76 valence electrons. The second kappa shape index (κ2) is 3.73. The third-order valence-electron chi connectivity index (χ3n) is 1.74. The number of nitrogens with one attached hydrogen (secondary N) is 2. The molecule has 0 fully saturated rings. The van der Waals surface area contributed by atoms with E-state index in [0.717, 1.165) is 5.69 Å². The van der Waals surface area contributed by atoms with Crippen LogP contribution >= 0.6 is 0 Å². The van der Waals surface area contributed by atoms with E-state index in [0.29, 0.717) is 5.88 Å². The van der Waals surface area contributed by atoms with Crippen LogP contribution in [0.3, 0.4) is 0 Å². The van der Waals surface area contributed by atoms with E-state index in [1.165, 1.54) is 7.98 Å². The molecule has 1 aromatic heterocycles. The summed E-state index contributed by atoms with van der Waals surface area (Å²) in [5.41, 5.74) is 0.732. The lowest BCUT2D eigenvalue weighted by Gasteiger charge is -2.12. The van der Waals surface area contributed by atoms with Crippen molar-refractivity contribution in [2.45, 2.75) is 26.2 Å². The summed E-state index contributed by atoms with van der Waals surface area (Å²) in [5, 5.41) is 8.79. The number of aromatic nitrogens is 1. The van der Waals surface area contributed by atoms with E-state index in [2.05, 4.69) is 15.7 Å². The van der Waals surface area contributed by atoms with E-state index in [4.69, 9.17) is 4.52 Å². The van der Waals surface area contributed by atoms with Gasteiger partial charge in [0, 0.05) is 11.5 Å². The first-order valence-corrected chi connectivity index (χ1v) is 4.39. The molecule has 0 atom stereocenters. The molecule has 0 radical (unpaired) electrons. The Balaban J connectivity index is 2.74. The zero-order valence-corrected chi connectivity index (χ0v) is 8.84. The molecule has 0 bridgehead atoms. The van der Waals surface area contributed by atoms with Crippen LogP contribution in [-0.4, -0.2) is 19.2 Å². The summed E-state index contributed by atoms with van der Waals surface area (Å²) in [6, 6.07) is 1.40. The van der Waals surface area contributed by atoms with Gasteiger partial charge in [-0.3, -0.25) is 5.32 Å². The van der Waals surface area contributed by atoms with Crippen LogP contribution in [0.2, 0.25) is 0 Å². The summed E-state index contributed by atoms with van der Waals surface area (Å²) < 4.78 is 4.94. The molecule has 14 heavy (non-hydrogen) atoms. The lowest BCUT2D eigenvalue weighted by Crippen LogP contribution is -2.25. The SMILES string of the molecule is BNC(=O)Nc1cc(C(C)(C)C)no1. The number of carbonyl (C=O) groups excluding carboxylic acids is 1. The van der Waals surface area contributed by atoms with E-state index < -0.39 is 0 Å². The third kappa shape index (κ3) is 2.51. The van der Waals surface area contributed by atoms with Gasteiger partial charge in [-0.25, -0.2) is 4.79 Å². The van der Waals surface area contributed by atoms with Gasteiger partial charge in [0.2, 0.25) is 13.9 Å². The predicted octanol–water partition coefficient (Wildman–Crippen LogP) is 0.642. The average molecular weight is 195 g/mol. The van der Waals surface area contributed by atoms with Crippen molar-refractivity contribution in [2.75, 3.05) is 5.32 Å². The maximum Gasteiger partial charge on any atom is 0.309 e. The number of hydrogen-bond donors (Lipinski definition) is 2. The van der Waals surface area contributed by atoms with Crippen LogP contribution in [0.5, 0.6) is 0 Å².